The van der Waals surface area contributed by atoms with Crippen LogP contribution in [0.3, 0.4) is 0 Å². The van der Waals surface area contributed by atoms with Gasteiger partial charge in [-0.15, -0.1) is 0 Å². The second kappa shape index (κ2) is 7.98. The van der Waals surface area contributed by atoms with Gasteiger partial charge in [-0.3, -0.25) is 9.59 Å². The summed E-state index contributed by atoms with van der Waals surface area (Å²) in [4.78, 5) is 24.6. The lowest BCUT2D eigenvalue weighted by Gasteiger charge is -2.21. The summed E-state index contributed by atoms with van der Waals surface area (Å²) in [6.45, 7) is 0.385. The summed E-state index contributed by atoms with van der Waals surface area (Å²) in [7, 11) is 0. The first-order chi connectivity index (χ1) is 13.7. The van der Waals surface area contributed by atoms with Gasteiger partial charge >= 0.3 is 6.18 Å². The number of alkyl halides is 3. The lowest BCUT2D eigenvalue weighted by molar-refractivity contribution is -0.123. The molecule has 29 heavy (non-hydrogen) atoms. The predicted octanol–water partition coefficient (Wildman–Crippen LogP) is 3.45. The standard InChI is InChI=1S/C19H16F4N2O4/c1-10-13(20)7-11(17(26)24-9-19(21,22)23)8-14(10)25-18(27)12-3-2-4-15-16(12)29-6-5-28-15/h2-4,7-8H,5-6,9H2,1H3,(H,24,26)(H,25,27). The Bertz CT molecular complexity index is 960. The van der Waals surface area contributed by atoms with Crippen LogP contribution in [-0.4, -0.2) is 37.7 Å². The van der Waals surface area contributed by atoms with Crippen molar-refractivity contribution in [2.24, 2.45) is 0 Å². The Morgan fingerprint density at radius 1 is 1.10 bits per heavy atom. The Balaban J connectivity index is 1.85. The van der Waals surface area contributed by atoms with Gasteiger partial charge in [0, 0.05) is 16.8 Å². The number of benzene rings is 2. The average molecular weight is 412 g/mol. The number of hydrogen-bond donors (Lipinski definition) is 2. The highest BCUT2D eigenvalue weighted by molar-refractivity contribution is 6.07. The highest BCUT2D eigenvalue weighted by atomic mass is 19.4. The first kappa shape index (κ1) is 20.4. The molecule has 0 bridgehead atoms. The maximum absolute atomic E-state index is 14.2. The summed E-state index contributed by atoms with van der Waals surface area (Å²) in [5.41, 5.74) is -0.259. The van der Waals surface area contributed by atoms with Gasteiger partial charge in [0.15, 0.2) is 11.5 Å². The van der Waals surface area contributed by atoms with E-state index in [1.165, 1.54) is 13.0 Å². The molecule has 0 aromatic heterocycles. The second-order valence-electron chi connectivity index (χ2n) is 6.21. The van der Waals surface area contributed by atoms with Crippen LogP contribution in [-0.2, 0) is 0 Å². The number of rotatable bonds is 4. The molecule has 0 fully saturated rings. The molecule has 0 spiro atoms. The van der Waals surface area contributed by atoms with Gasteiger partial charge in [-0.2, -0.15) is 13.2 Å². The third-order valence-corrected chi connectivity index (χ3v) is 4.11. The fourth-order valence-corrected chi connectivity index (χ4v) is 2.66. The Morgan fingerprint density at radius 2 is 1.83 bits per heavy atom. The number of carbonyl (C=O) groups excluding carboxylic acids is 2. The van der Waals surface area contributed by atoms with E-state index in [1.807, 2.05) is 0 Å². The molecule has 2 N–H and O–H groups in total. The largest absolute Gasteiger partial charge is 0.486 e. The van der Waals surface area contributed by atoms with E-state index in [0.717, 1.165) is 12.1 Å². The summed E-state index contributed by atoms with van der Waals surface area (Å²) in [6, 6.07) is 6.60. The Hall–Kier alpha value is -3.30. The molecule has 2 amide bonds. The maximum Gasteiger partial charge on any atom is 0.405 e. The van der Waals surface area contributed by atoms with Crippen molar-refractivity contribution in [1.29, 1.82) is 0 Å². The van der Waals surface area contributed by atoms with E-state index in [2.05, 4.69) is 5.32 Å². The SMILES string of the molecule is Cc1c(F)cc(C(=O)NCC(F)(F)F)cc1NC(=O)c1cccc2c1OCCO2. The lowest BCUT2D eigenvalue weighted by Crippen LogP contribution is -2.33. The molecule has 6 nitrogen and oxygen atoms in total. The van der Waals surface area contributed by atoms with Gasteiger partial charge in [0.05, 0.1) is 5.56 Å². The Labute approximate surface area is 162 Å². The zero-order valence-corrected chi connectivity index (χ0v) is 15.2. The number of nitrogens with one attached hydrogen (secondary N) is 2. The Kier molecular flexibility index (Phi) is 5.62. The molecule has 3 rings (SSSR count). The molecular formula is C19H16F4N2O4. The third kappa shape index (κ3) is 4.76. The highest BCUT2D eigenvalue weighted by Gasteiger charge is 2.28. The number of halogens is 4. The van der Waals surface area contributed by atoms with E-state index in [0.29, 0.717) is 12.4 Å². The zero-order valence-electron chi connectivity index (χ0n) is 15.2. The number of carbonyl (C=O) groups is 2. The molecular weight excluding hydrogens is 396 g/mol. The summed E-state index contributed by atoms with van der Waals surface area (Å²) in [6.07, 6.45) is -4.61. The van der Waals surface area contributed by atoms with Crippen LogP contribution in [0.15, 0.2) is 30.3 Å². The van der Waals surface area contributed by atoms with Crippen LogP contribution in [0, 0.1) is 12.7 Å². The monoisotopic (exact) mass is 412 g/mol. The number of hydrogen-bond acceptors (Lipinski definition) is 4. The molecule has 10 heteroatoms. The summed E-state index contributed by atoms with van der Waals surface area (Å²) in [5.74, 6) is -2.01. The minimum Gasteiger partial charge on any atom is -0.486 e. The van der Waals surface area contributed by atoms with Crippen molar-refractivity contribution >= 4 is 17.5 Å². The molecule has 0 saturated heterocycles. The van der Waals surface area contributed by atoms with Gasteiger partial charge in [0.2, 0.25) is 0 Å². The smallest absolute Gasteiger partial charge is 0.405 e. The summed E-state index contributed by atoms with van der Waals surface area (Å²) >= 11 is 0. The fraction of sp³-hybridized carbons (Fsp3) is 0.263. The molecule has 1 aliphatic rings. The predicted molar refractivity (Wildman–Crippen MR) is 94.9 cm³/mol. The summed E-state index contributed by atoms with van der Waals surface area (Å²) < 4.78 is 61.9. The van der Waals surface area contributed by atoms with Gasteiger partial charge in [-0.25, -0.2) is 4.39 Å². The molecule has 0 unspecified atom stereocenters. The third-order valence-electron chi connectivity index (χ3n) is 4.11. The van der Waals surface area contributed by atoms with E-state index in [9.17, 15) is 27.2 Å². The number of anilines is 1. The highest BCUT2D eigenvalue weighted by Crippen LogP contribution is 2.34. The average Bonchev–Trinajstić information content (AvgIpc) is 2.68. The number of ether oxygens (including phenoxy) is 2. The van der Waals surface area contributed by atoms with Crippen molar-refractivity contribution < 1.29 is 36.6 Å². The number of para-hydroxylation sites is 1. The van der Waals surface area contributed by atoms with Gasteiger partial charge in [0.25, 0.3) is 11.8 Å². The number of amides is 2. The minimum absolute atomic E-state index is 0.0210. The Morgan fingerprint density at radius 3 is 2.55 bits per heavy atom. The van der Waals surface area contributed by atoms with Crippen LogP contribution >= 0.6 is 0 Å². The van der Waals surface area contributed by atoms with Crippen LogP contribution in [0.5, 0.6) is 11.5 Å². The van der Waals surface area contributed by atoms with Crippen molar-refractivity contribution in [3.63, 3.8) is 0 Å². The topological polar surface area (TPSA) is 76.7 Å². The zero-order chi connectivity index (χ0) is 21.2. The molecule has 0 atom stereocenters. The van der Waals surface area contributed by atoms with Gasteiger partial charge in [-0.05, 0) is 31.2 Å². The van der Waals surface area contributed by atoms with E-state index in [4.69, 9.17) is 9.47 Å². The normalized spacial score (nSPS) is 13.0. The van der Waals surface area contributed by atoms with Crippen molar-refractivity contribution in [3.8, 4) is 11.5 Å². The van der Waals surface area contributed by atoms with Crippen molar-refractivity contribution in [2.45, 2.75) is 13.1 Å². The van der Waals surface area contributed by atoms with E-state index in [1.54, 1.807) is 17.4 Å². The molecule has 1 aliphatic heterocycles. The van der Waals surface area contributed by atoms with Crippen molar-refractivity contribution in [3.05, 3.63) is 52.8 Å². The molecule has 154 valence electrons. The maximum atomic E-state index is 14.2. The molecule has 0 radical (unpaired) electrons. The lowest BCUT2D eigenvalue weighted by atomic mass is 10.1. The van der Waals surface area contributed by atoms with Crippen LogP contribution in [0.1, 0.15) is 26.3 Å². The van der Waals surface area contributed by atoms with Crippen LogP contribution in [0.25, 0.3) is 0 Å². The van der Waals surface area contributed by atoms with Gasteiger partial charge < -0.3 is 20.1 Å². The molecule has 1 heterocycles. The van der Waals surface area contributed by atoms with Crippen molar-refractivity contribution in [1.82, 2.24) is 5.32 Å². The fourth-order valence-electron chi connectivity index (χ4n) is 2.66. The first-order valence-corrected chi connectivity index (χ1v) is 8.51. The van der Waals surface area contributed by atoms with Crippen LogP contribution < -0.4 is 20.1 Å². The quantitative estimate of drug-likeness (QED) is 0.755. The van der Waals surface area contributed by atoms with Crippen LogP contribution in [0.4, 0.5) is 23.2 Å². The van der Waals surface area contributed by atoms with E-state index >= 15 is 0 Å². The van der Waals surface area contributed by atoms with Crippen LogP contribution in [0.2, 0.25) is 0 Å². The van der Waals surface area contributed by atoms with E-state index < -0.39 is 30.4 Å². The van der Waals surface area contributed by atoms with Gasteiger partial charge in [-0.1, -0.05) is 6.07 Å². The summed E-state index contributed by atoms with van der Waals surface area (Å²) in [5, 5.41) is 4.13. The van der Waals surface area contributed by atoms with E-state index in [-0.39, 0.29) is 34.7 Å². The molecule has 2 aromatic rings. The minimum atomic E-state index is -4.61. The second-order valence-corrected chi connectivity index (χ2v) is 6.21. The van der Waals surface area contributed by atoms with Gasteiger partial charge in [0.1, 0.15) is 25.6 Å². The molecule has 2 aromatic carbocycles. The molecule has 0 saturated carbocycles. The molecule has 0 aliphatic carbocycles. The number of fused-ring (bicyclic) bond motifs is 1. The van der Waals surface area contributed by atoms with Crippen molar-refractivity contribution in [2.75, 3.05) is 25.1 Å². The first-order valence-electron chi connectivity index (χ1n) is 8.51.